The first-order valence-corrected chi connectivity index (χ1v) is 16.5. The third-order valence-corrected chi connectivity index (χ3v) is 11.9. The summed E-state index contributed by atoms with van der Waals surface area (Å²) in [5, 5.41) is 0. The van der Waals surface area contributed by atoms with Crippen LogP contribution in [0.4, 0.5) is 0 Å². The molecule has 12 unspecified atom stereocenters. The fourth-order valence-electron chi connectivity index (χ4n) is 10.1. The molecule has 40 heavy (non-hydrogen) atoms. The van der Waals surface area contributed by atoms with Crippen LogP contribution in [0.2, 0.25) is 0 Å². The minimum Gasteiger partial charge on any atom is -0.465 e. The Morgan fingerprint density at radius 2 is 1.18 bits per heavy atom. The number of carbonyl (C=O) groups is 2. The lowest BCUT2D eigenvalue weighted by atomic mass is 9.76. The minimum atomic E-state index is 0.00147. The highest BCUT2D eigenvalue weighted by Crippen LogP contribution is 2.62. The predicted octanol–water partition coefficient (Wildman–Crippen LogP) is 5.61. The van der Waals surface area contributed by atoms with Crippen LogP contribution >= 0.6 is 0 Å². The van der Waals surface area contributed by atoms with Gasteiger partial charge in [-0.05, 0) is 111 Å². The number of ether oxygens (including phenoxy) is 4. The molecule has 0 heterocycles. The predicted molar refractivity (Wildman–Crippen MR) is 150 cm³/mol. The zero-order chi connectivity index (χ0) is 27.1. The van der Waals surface area contributed by atoms with Crippen LogP contribution in [0.3, 0.4) is 0 Å². The van der Waals surface area contributed by atoms with Crippen molar-refractivity contribution in [2.45, 2.75) is 64.2 Å². The van der Waals surface area contributed by atoms with Crippen LogP contribution in [0.15, 0.2) is 24.3 Å². The molecule has 12 atom stereocenters. The van der Waals surface area contributed by atoms with Gasteiger partial charge in [-0.15, -0.1) is 0 Å². The van der Waals surface area contributed by atoms with E-state index in [-0.39, 0.29) is 23.8 Å². The Morgan fingerprint density at radius 3 is 1.75 bits per heavy atom. The van der Waals surface area contributed by atoms with Gasteiger partial charge in [0, 0.05) is 39.3 Å². The molecule has 6 bridgehead atoms. The number of esters is 2. The Kier molecular flexibility index (Phi) is 8.10. The molecule has 220 valence electrons. The van der Waals surface area contributed by atoms with E-state index in [2.05, 4.69) is 24.3 Å². The van der Waals surface area contributed by atoms with Crippen LogP contribution in [-0.2, 0) is 28.5 Å². The van der Waals surface area contributed by atoms with Crippen LogP contribution in [0.1, 0.15) is 64.2 Å². The van der Waals surface area contributed by atoms with Gasteiger partial charge >= 0.3 is 11.9 Å². The number of rotatable bonds is 14. The number of hydrogen-bond donors (Lipinski definition) is 0. The second-order valence-corrected chi connectivity index (χ2v) is 14.3. The molecular formula is C34H48O6. The van der Waals surface area contributed by atoms with Crippen molar-refractivity contribution in [1.29, 1.82) is 0 Å². The van der Waals surface area contributed by atoms with E-state index in [4.69, 9.17) is 18.9 Å². The zero-order valence-corrected chi connectivity index (χ0v) is 24.0. The van der Waals surface area contributed by atoms with Crippen LogP contribution < -0.4 is 0 Å². The zero-order valence-electron chi connectivity index (χ0n) is 24.0. The first kappa shape index (κ1) is 27.2. The van der Waals surface area contributed by atoms with Gasteiger partial charge in [-0.1, -0.05) is 24.3 Å². The molecule has 0 radical (unpaired) electrons. The van der Waals surface area contributed by atoms with Crippen molar-refractivity contribution in [2.24, 2.45) is 71.0 Å². The third kappa shape index (κ3) is 5.56. The van der Waals surface area contributed by atoms with Gasteiger partial charge in [0.2, 0.25) is 0 Å². The molecule has 5 fully saturated rings. The molecule has 0 spiro atoms. The van der Waals surface area contributed by atoms with Gasteiger partial charge in [0.05, 0.1) is 25.0 Å². The summed E-state index contributed by atoms with van der Waals surface area (Å²) in [5.74, 6) is 7.08. The highest BCUT2D eigenvalue weighted by molar-refractivity contribution is 5.74. The molecule has 0 aromatic heterocycles. The lowest BCUT2D eigenvalue weighted by molar-refractivity contribution is -0.150. The molecule has 0 aromatic carbocycles. The smallest absolute Gasteiger partial charge is 0.309 e. The molecule has 6 heteroatoms. The van der Waals surface area contributed by atoms with Crippen molar-refractivity contribution in [1.82, 2.24) is 0 Å². The first-order chi connectivity index (χ1) is 19.6. The highest BCUT2D eigenvalue weighted by Gasteiger charge is 2.55. The van der Waals surface area contributed by atoms with Gasteiger partial charge < -0.3 is 18.9 Å². The topological polar surface area (TPSA) is 71.1 Å². The molecule has 0 saturated heterocycles. The van der Waals surface area contributed by atoms with Crippen LogP contribution in [0.5, 0.6) is 0 Å². The van der Waals surface area contributed by atoms with Crippen LogP contribution in [0, 0.1) is 71.0 Å². The van der Waals surface area contributed by atoms with Crippen molar-refractivity contribution in [3.8, 4) is 0 Å². The quantitative estimate of drug-likeness (QED) is 0.159. The Labute approximate surface area is 239 Å². The van der Waals surface area contributed by atoms with Crippen molar-refractivity contribution in [3.63, 3.8) is 0 Å². The highest BCUT2D eigenvalue weighted by atomic mass is 16.5. The second-order valence-electron chi connectivity index (χ2n) is 14.3. The molecule has 7 rings (SSSR count). The average Bonchev–Trinajstić information content (AvgIpc) is 3.80. The Morgan fingerprint density at radius 1 is 0.575 bits per heavy atom. The largest absolute Gasteiger partial charge is 0.465 e. The van der Waals surface area contributed by atoms with E-state index in [0.29, 0.717) is 61.9 Å². The van der Waals surface area contributed by atoms with Crippen molar-refractivity contribution in [3.05, 3.63) is 24.3 Å². The van der Waals surface area contributed by atoms with Gasteiger partial charge in [-0.25, -0.2) is 0 Å². The number of allylic oxidation sites excluding steroid dienone is 4. The van der Waals surface area contributed by atoms with Crippen LogP contribution in [-0.4, -0.2) is 51.6 Å². The number of carbonyl (C=O) groups excluding carboxylic acids is 2. The van der Waals surface area contributed by atoms with Crippen molar-refractivity contribution >= 4 is 11.9 Å². The summed E-state index contributed by atoms with van der Waals surface area (Å²) in [6.45, 7) is 4.08. The molecule has 7 aliphatic rings. The van der Waals surface area contributed by atoms with E-state index in [0.717, 1.165) is 75.4 Å². The number of hydrogen-bond acceptors (Lipinski definition) is 6. The maximum Gasteiger partial charge on any atom is 0.309 e. The fraction of sp³-hybridized carbons (Fsp3) is 0.824. The summed E-state index contributed by atoms with van der Waals surface area (Å²) < 4.78 is 23.3. The Bertz CT molecular complexity index is 989. The normalized spacial score (nSPS) is 43.2. The molecule has 0 aromatic rings. The monoisotopic (exact) mass is 552 g/mol. The average molecular weight is 553 g/mol. The Hall–Kier alpha value is -1.66. The maximum absolute atomic E-state index is 12.4. The maximum atomic E-state index is 12.4. The summed E-state index contributed by atoms with van der Waals surface area (Å²) in [5.41, 5.74) is 0. The first-order valence-electron chi connectivity index (χ1n) is 16.5. The summed E-state index contributed by atoms with van der Waals surface area (Å²) in [7, 11) is 0. The lowest BCUT2D eigenvalue weighted by Gasteiger charge is -2.31. The van der Waals surface area contributed by atoms with Gasteiger partial charge in [-0.3, -0.25) is 9.59 Å². The van der Waals surface area contributed by atoms with Gasteiger partial charge in [0.1, 0.15) is 0 Å². The summed E-state index contributed by atoms with van der Waals surface area (Å²) in [6.07, 6.45) is 20.1. The van der Waals surface area contributed by atoms with Gasteiger partial charge in [0.15, 0.2) is 0 Å². The standard InChI is InChI=1S/C34H48O6/c35-33(30-13-21-3-5-24(30)11-21)39-9-1-7-37-19-23-15-28-26-17-27(29(18-26)32(28)16-23)20-38-8-2-10-40-34(36)31-14-22-4-6-25(31)12-22/h3-6,21-32H,1-2,7-20H2. The molecular weight excluding hydrogens is 504 g/mol. The summed E-state index contributed by atoms with van der Waals surface area (Å²) in [6, 6.07) is 0. The lowest BCUT2D eigenvalue weighted by Crippen LogP contribution is -2.27. The molecule has 0 aliphatic heterocycles. The van der Waals surface area contributed by atoms with E-state index < -0.39 is 0 Å². The summed E-state index contributed by atoms with van der Waals surface area (Å²) in [4.78, 5) is 24.7. The molecule has 5 saturated carbocycles. The van der Waals surface area contributed by atoms with Crippen LogP contribution in [0.25, 0.3) is 0 Å². The van der Waals surface area contributed by atoms with Gasteiger partial charge in [-0.2, -0.15) is 0 Å². The second kappa shape index (κ2) is 11.9. The van der Waals surface area contributed by atoms with Crippen molar-refractivity contribution in [2.75, 3.05) is 39.6 Å². The SMILES string of the molecule is O=C(OCCCOCC1CC2C3CC(COCCCOC(=O)C4CC5C=CC4C5)C(C3)C2C1)C1CC2C=CC1C2. The van der Waals surface area contributed by atoms with E-state index in [1.165, 1.54) is 25.7 Å². The number of fused-ring (bicyclic) bond motifs is 9. The summed E-state index contributed by atoms with van der Waals surface area (Å²) >= 11 is 0. The van der Waals surface area contributed by atoms with E-state index in [1.807, 2.05) is 0 Å². The fourth-order valence-corrected chi connectivity index (χ4v) is 10.1. The molecule has 0 amide bonds. The van der Waals surface area contributed by atoms with E-state index >= 15 is 0 Å². The molecule has 0 N–H and O–H groups in total. The molecule has 6 nitrogen and oxygen atoms in total. The Balaban J connectivity index is 0.730. The van der Waals surface area contributed by atoms with Gasteiger partial charge in [0.25, 0.3) is 0 Å². The minimum absolute atomic E-state index is 0.00147. The third-order valence-electron chi connectivity index (χ3n) is 11.9. The molecule has 7 aliphatic carbocycles. The van der Waals surface area contributed by atoms with Crippen molar-refractivity contribution < 1.29 is 28.5 Å². The van der Waals surface area contributed by atoms with E-state index in [9.17, 15) is 9.59 Å². The van der Waals surface area contributed by atoms with E-state index in [1.54, 1.807) is 0 Å².